The lowest BCUT2D eigenvalue weighted by Crippen LogP contribution is -2.07. The van der Waals surface area contributed by atoms with Crippen molar-refractivity contribution in [2.75, 3.05) is 19.0 Å². The van der Waals surface area contributed by atoms with E-state index in [-0.39, 0.29) is 0 Å². The molecule has 0 bridgehead atoms. The predicted octanol–water partition coefficient (Wildman–Crippen LogP) is 3.04. The van der Waals surface area contributed by atoms with Crippen LogP contribution in [0.25, 0.3) is 6.08 Å². The molecule has 2 aromatic rings. The summed E-state index contributed by atoms with van der Waals surface area (Å²) in [6.07, 6.45) is 2.99. The van der Waals surface area contributed by atoms with E-state index in [2.05, 4.69) is 0 Å². The molecule has 2 aromatic carbocycles. The standard InChI is InChI=1S/C17H18N2O2/c1-19(2)14-6-10-16(11-7-14)21-15-8-3-13(4-9-15)5-12-17(18)20/h3-12H,1-2H3,(H2,18,20). The van der Waals surface area contributed by atoms with Crippen LogP contribution in [0.2, 0.25) is 0 Å². The summed E-state index contributed by atoms with van der Waals surface area (Å²) in [5.74, 6) is 1.06. The summed E-state index contributed by atoms with van der Waals surface area (Å²) in [6.45, 7) is 0. The third-order valence-corrected chi connectivity index (χ3v) is 2.91. The first kappa shape index (κ1) is 14.7. The van der Waals surface area contributed by atoms with Crippen LogP contribution in [0.5, 0.6) is 11.5 Å². The van der Waals surface area contributed by atoms with Gasteiger partial charge in [0.05, 0.1) is 0 Å². The number of carbonyl (C=O) groups excluding carboxylic acids is 1. The number of nitrogens with two attached hydrogens (primary N) is 1. The minimum atomic E-state index is -0.462. The van der Waals surface area contributed by atoms with Gasteiger partial charge in [-0.3, -0.25) is 4.79 Å². The summed E-state index contributed by atoms with van der Waals surface area (Å²) < 4.78 is 5.76. The zero-order valence-electron chi connectivity index (χ0n) is 12.1. The first-order valence-electron chi connectivity index (χ1n) is 6.57. The number of amides is 1. The number of primary amides is 1. The number of nitrogens with zero attached hydrogens (tertiary/aromatic N) is 1. The number of ether oxygens (including phenoxy) is 1. The quantitative estimate of drug-likeness (QED) is 0.858. The Kier molecular flexibility index (Phi) is 4.61. The molecule has 0 saturated heterocycles. The van der Waals surface area contributed by atoms with Crippen LogP contribution < -0.4 is 15.4 Å². The van der Waals surface area contributed by atoms with Crippen LogP contribution in [0.1, 0.15) is 5.56 Å². The summed E-state index contributed by atoms with van der Waals surface area (Å²) >= 11 is 0. The van der Waals surface area contributed by atoms with E-state index in [1.807, 2.05) is 67.5 Å². The molecule has 2 N–H and O–H groups in total. The van der Waals surface area contributed by atoms with Crippen LogP contribution in [0.3, 0.4) is 0 Å². The third kappa shape index (κ3) is 4.38. The van der Waals surface area contributed by atoms with E-state index in [4.69, 9.17) is 10.5 Å². The highest BCUT2D eigenvalue weighted by atomic mass is 16.5. The summed E-state index contributed by atoms with van der Waals surface area (Å²) in [4.78, 5) is 12.7. The van der Waals surface area contributed by atoms with Crippen molar-refractivity contribution in [2.45, 2.75) is 0 Å². The third-order valence-electron chi connectivity index (χ3n) is 2.91. The predicted molar refractivity (Wildman–Crippen MR) is 85.5 cm³/mol. The molecule has 1 amide bonds. The van der Waals surface area contributed by atoms with Crippen LogP contribution in [0.4, 0.5) is 5.69 Å². The summed E-state index contributed by atoms with van der Waals surface area (Å²) in [6, 6.07) is 15.3. The van der Waals surface area contributed by atoms with Gasteiger partial charge in [0, 0.05) is 25.9 Å². The first-order valence-corrected chi connectivity index (χ1v) is 6.57. The minimum absolute atomic E-state index is 0.462. The van der Waals surface area contributed by atoms with E-state index in [0.717, 1.165) is 22.7 Å². The SMILES string of the molecule is CN(C)c1ccc(Oc2ccc(C=CC(N)=O)cc2)cc1. The zero-order chi connectivity index (χ0) is 15.2. The van der Waals surface area contributed by atoms with Gasteiger partial charge in [-0.1, -0.05) is 12.1 Å². The second-order valence-corrected chi connectivity index (χ2v) is 4.80. The van der Waals surface area contributed by atoms with Gasteiger partial charge in [0.1, 0.15) is 11.5 Å². The van der Waals surface area contributed by atoms with Crippen molar-refractivity contribution in [3.05, 3.63) is 60.2 Å². The fourth-order valence-corrected chi connectivity index (χ4v) is 1.77. The topological polar surface area (TPSA) is 55.6 Å². The van der Waals surface area contributed by atoms with Gasteiger partial charge in [-0.25, -0.2) is 0 Å². The molecular formula is C17H18N2O2. The van der Waals surface area contributed by atoms with Gasteiger partial charge in [0.25, 0.3) is 0 Å². The molecule has 0 radical (unpaired) electrons. The molecule has 108 valence electrons. The van der Waals surface area contributed by atoms with Crippen molar-refractivity contribution in [1.29, 1.82) is 0 Å². The number of benzene rings is 2. The number of rotatable bonds is 5. The molecule has 0 fully saturated rings. The van der Waals surface area contributed by atoms with Crippen LogP contribution >= 0.6 is 0 Å². The molecule has 0 heterocycles. The molecule has 21 heavy (non-hydrogen) atoms. The highest BCUT2D eigenvalue weighted by molar-refractivity contribution is 5.90. The van der Waals surface area contributed by atoms with E-state index in [0.29, 0.717) is 0 Å². The lowest BCUT2D eigenvalue weighted by Gasteiger charge is -2.13. The number of hydrogen-bond donors (Lipinski definition) is 1. The van der Waals surface area contributed by atoms with Crippen molar-refractivity contribution >= 4 is 17.7 Å². The van der Waals surface area contributed by atoms with E-state index in [1.54, 1.807) is 6.08 Å². The maximum absolute atomic E-state index is 10.7. The van der Waals surface area contributed by atoms with Crippen molar-refractivity contribution < 1.29 is 9.53 Å². The maximum Gasteiger partial charge on any atom is 0.241 e. The first-order chi connectivity index (χ1) is 10.0. The Labute approximate surface area is 124 Å². The van der Waals surface area contributed by atoms with Gasteiger partial charge < -0.3 is 15.4 Å². The molecule has 4 heteroatoms. The van der Waals surface area contributed by atoms with Gasteiger partial charge in [0.15, 0.2) is 0 Å². The fourth-order valence-electron chi connectivity index (χ4n) is 1.77. The Morgan fingerprint density at radius 3 is 2.00 bits per heavy atom. The van der Waals surface area contributed by atoms with Crippen molar-refractivity contribution in [3.8, 4) is 11.5 Å². The largest absolute Gasteiger partial charge is 0.457 e. The van der Waals surface area contributed by atoms with Gasteiger partial charge in [0.2, 0.25) is 5.91 Å². The second-order valence-electron chi connectivity index (χ2n) is 4.80. The summed E-state index contributed by atoms with van der Waals surface area (Å²) in [5, 5.41) is 0. The number of hydrogen-bond acceptors (Lipinski definition) is 3. The summed E-state index contributed by atoms with van der Waals surface area (Å²) in [7, 11) is 3.99. The normalized spacial score (nSPS) is 10.6. The highest BCUT2D eigenvalue weighted by Gasteiger charge is 1.99. The van der Waals surface area contributed by atoms with Crippen molar-refractivity contribution in [2.24, 2.45) is 5.73 Å². The monoisotopic (exact) mass is 282 g/mol. The minimum Gasteiger partial charge on any atom is -0.457 e. The molecule has 0 spiro atoms. The van der Waals surface area contributed by atoms with Gasteiger partial charge in [-0.05, 0) is 48.0 Å². The molecule has 0 unspecified atom stereocenters. The number of anilines is 1. The van der Waals surface area contributed by atoms with E-state index in [1.165, 1.54) is 6.08 Å². The molecular weight excluding hydrogens is 264 g/mol. The Morgan fingerprint density at radius 1 is 1.00 bits per heavy atom. The van der Waals surface area contributed by atoms with Crippen LogP contribution in [0.15, 0.2) is 54.6 Å². The van der Waals surface area contributed by atoms with Crippen molar-refractivity contribution in [1.82, 2.24) is 0 Å². The Hall–Kier alpha value is -2.75. The molecule has 4 nitrogen and oxygen atoms in total. The Balaban J connectivity index is 2.04. The Morgan fingerprint density at radius 2 is 1.52 bits per heavy atom. The van der Waals surface area contributed by atoms with Gasteiger partial charge >= 0.3 is 0 Å². The van der Waals surface area contributed by atoms with Crippen LogP contribution in [0, 0.1) is 0 Å². The molecule has 0 atom stereocenters. The molecule has 0 aliphatic heterocycles. The molecule has 0 saturated carbocycles. The van der Waals surface area contributed by atoms with E-state index >= 15 is 0 Å². The van der Waals surface area contributed by atoms with E-state index in [9.17, 15) is 4.79 Å². The van der Waals surface area contributed by atoms with Crippen LogP contribution in [-0.4, -0.2) is 20.0 Å². The average Bonchev–Trinajstić information content (AvgIpc) is 2.47. The fraction of sp³-hybridized carbons (Fsp3) is 0.118. The van der Waals surface area contributed by atoms with Gasteiger partial charge in [-0.2, -0.15) is 0 Å². The van der Waals surface area contributed by atoms with Crippen molar-refractivity contribution in [3.63, 3.8) is 0 Å². The average molecular weight is 282 g/mol. The van der Waals surface area contributed by atoms with E-state index < -0.39 is 5.91 Å². The molecule has 0 aliphatic carbocycles. The highest BCUT2D eigenvalue weighted by Crippen LogP contribution is 2.24. The maximum atomic E-state index is 10.7. The van der Waals surface area contributed by atoms with Crippen LogP contribution in [-0.2, 0) is 4.79 Å². The van der Waals surface area contributed by atoms with Gasteiger partial charge in [-0.15, -0.1) is 0 Å². The Bertz CT molecular complexity index is 629. The lowest BCUT2D eigenvalue weighted by atomic mass is 10.2. The zero-order valence-corrected chi connectivity index (χ0v) is 12.1. The summed E-state index contributed by atoms with van der Waals surface area (Å²) in [5.41, 5.74) is 7.06. The molecule has 0 aromatic heterocycles. The lowest BCUT2D eigenvalue weighted by molar-refractivity contribution is -0.113. The molecule has 2 rings (SSSR count). The second kappa shape index (κ2) is 6.61. The molecule has 0 aliphatic rings. The number of carbonyl (C=O) groups is 1. The smallest absolute Gasteiger partial charge is 0.241 e.